The van der Waals surface area contributed by atoms with Crippen molar-refractivity contribution in [2.24, 2.45) is 5.73 Å². The fourth-order valence-corrected chi connectivity index (χ4v) is 2.08. The van der Waals surface area contributed by atoms with Gasteiger partial charge in [0.1, 0.15) is 12.1 Å². The lowest BCUT2D eigenvalue weighted by atomic mass is 10.1. The number of cyclic esters (lactones) is 1. The number of β-amino-alcohol motifs (C(OH)–C–C–N with tert-alkyl or cyclic N) is 1. The molecule has 0 aromatic carbocycles. The van der Waals surface area contributed by atoms with E-state index in [1.54, 1.807) is 0 Å². The van der Waals surface area contributed by atoms with Crippen molar-refractivity contribution in [1.29, 1.82) is 0 Å². The van der Waals surface area contributed by atoms with Gasteiger partial charge in [-0.25, -0.2) is 0 Å². The fourth-order valence-electron chi connectivity index (χ4n) is 2.08. The van der Waals surface area contributed by atoms with Crippen LogP contribution in [0.15, 0.2) is 0 Å². The highest BCUT2D eigenvalue weighted by atomic mass is 16.5. The maximum absolute atomic E-state index is 11.7. The summed E-state index contributed by atoms with van der Waals surface area (Å²) in [5, 5.41) is 8.97. The van der Waals surface area contributed by atoms with Crippen LogP contribution in [-0.4, -0.2) is 54.4 Å². The summed E-state index contributed by atoms with van der Waals surface area (Å²) >= 11 is 0. The van der Waals surface area contributed by atoms with Crippen molar-refractivity contribution in [2.45, 2.75) is 38.3 Å². The van der Waals surface area contributed by atoms with Gasteiger partial charge in [0.15, 0.2) is 0 Å². The molecule has 0 spiro atoms. The van der Waals surface area contributed by atoms with Gasteiger partial charge < -0.3 is 15.6 Å². The number of ether oxygens (including phenoxy) is 1. The number of rotatable bonds is 6. The maximum Gasteiger partial charge on any atom is 0.323 e. The van der Waals surface area contributed by atoms with Crippen molar-refractivity contribution in [1.82, 2.24) is 4.90 Å². The molecule has 1 rings (SSSR count). The van der Waals surface area contributed by atoms with Crippen LogP contribution in [0.4, 0.5) is 0 Å². The fraction of sp³-hybridized carbons (Fsp3) is 0.909. The van der Waals surface area contributed by atoms with Crippen LogP contribution < -0.4 is 5.73 Å². The van der Waals surface area contributed by atoms with E-state index in [2.05, 4.69) is 0 Å². The predicted molar refractivity (Wildman–Crippen MR) is 60.9 cm³/mol. The van der Waals surface area contributed by atoms with E-state index in [1.807, 2.05) is 11.8 Å². The van der Waals surface area contributed by atoms with E-state index in [0.29, 0.717) is 19.6 Å². The van der Waals surface area contributed by atoms with E-state index in [9.17, 15) is 4.79 Å². The second kappa shape index (κ2) is 6.83. The highest BCUT2D eigenvalue weighted by Crippen LogP contribution is 2.17. The van der Waals surface area contributed by atoms with Gasteiger partial charge in [-0.05, 0) is 26.3 Å². The third-order valence-corrected chi connectivity index (χ3v) is 2.84. The monoisotopic (exact) mass is 230 g/mol. The van der Waals surface area contributed by atoms with Gasteiger partial charge in [-0.1, -0.05) is 6.42 Å². The number of morpholine rings is 1. The summed E-state index contributed by atoms with van der Waals surface area (Å²) in [6.07, 6.45) is 2.53. The molecular formula is C11H22N2O3. The number of hydrogen-bond acceptors (Lipinski definition) is 5. The van der Waals surface area contributed by atoms with Crippen LogP contribution >= 0.6 is 0 Å². The number of aliphatic hydroxyl groups is 1. The van der Waals surface area contributed by atoms with Crippen LogP contribution in [0.1, 0.15) is 26.2 Å². The molecule has 1 aliphatic rings. The van der Waals surface area contributed by atoms with Gasteiger partial charge in [0.2, 0.25) is 0 Å². The molecule has 0 bridgehead atoms. The average molecular weight is 230 g/mol. The Morgan fingerprint density at radius 1 is 1.56 bits per heavy atom. The van der Waals surface area contributed by atoms with Crippen LogP contribution in [0.3, 0.4) is 0 Å². The minimum Gasteiger partial charge on any atom is -0.460 e. The summed E-state index contributed by atoms with van der Waals surface area (Å²) in [5.41, 5.74) is 5.42. The first-order valence-electron chi connectivity index (χ1n) is 5.94. The van der Waals surface area contributed by atoms with Crippen molar-refractivity contribution >= 4 is 5.97 Å². The Labute approximate surface area is 96.6 Å². The van der Waals surface area contributed by atoms with Gasteiger partial charge in [0, 0.05) is 13.1 Å². The summed E-state index contributed by atoms with van der Waals surface area (Å²) in [6, 6.07) is -0.199. The molecule has 2 atom stereocenters. The smallest absolute Gasteiger partial charge is 0.323 e. The summed E-state index contributed by atoms with van der Waals surface area (Å²) in [5.74, 6) is -0.163. The Bertz CT molecular complexity index is 223. The zero-order valence-corrected chi connectivity index (χ0v) is 9.89. The lowest BCUT2D eigenvalue weighted by Gasteiger charge is -2.36. The number of carbonyl (C=O) groups is 1. The molecule has 0 aliphatic carbocycles. The number of carbonyl (C=O) groups excluding carboxylic acids is 1. The van der Waals surface area contributed by atoms with E-state index >= 15 is 0 Å². The zero-order valence-electron chi connectivity index (χ0n) is 9.89. The second-order valence-corrected chi connectivity index (χ2v) is 4.27. The number of esters is 1. The molecule has 1 fully saturated rings. The van der Waals surface area contributed by atoms with E-state index in [-0.39, 0.29) is 24.7 Å². The highest BCUT2D eigenvalue weighted by molar-refractivity contribution is 5.76. The molecule has 1 saturated heterocycles. The molecule has 0 radical (unpaired) electrons. The first-order chi connectivity index (χ1) is 7.69. The Kier molecular flexibility index (Phi) is 5.73. The lowest BCUT2D eigenvalue weighted by molar-refractivity contribution is -0.165. The highest BCUT2D eigenvalue weighted by Gasteiger charge is 2.33. The van der Waals surface area contributed by atoms with Crippen LogP contribution in [0.5, 0.6) is 0 Å². The summed E-state index contributed by atoms with van der Waals surface area (Å²) in [6.45, 7) is 3.84. The number of unbranched alkanes of at least 4 members (excludes halogenated alkanes) is 1. The zero-order chi connectivity index (χ0) is 12.0. The summed E-state index contributed by atoms with van der Waals surface area (Å²) in [4.78, 5) is 13.7. The number of hydrogen-bond donors (Lipinski definition) is 2. The molecule has 0 aromatic rings. The van der Waals surface area contributed by atoms with Gasteiger partial charge in [0.05, 0.1) is 6.61 Å². The Hall–Kier alpha value is -0.650. The Balaban J connectivity index is 2.49. The Morgan fingerprint density at radius 3 is 2.94 bits per heavy atom. The third kappa shape index (κ3) is 3.73. The molecule has 0 amide bonds. The SMILES string of the molecule is CC1CN(CCO)C(CCCCN)C(=O)O1. The molecule has 1 heterocycles. The average Bonchev–Trinajstić information content (AvgIpc) is 2.22. The molecule has 2 unspecified atom stereocenters. The van der Waals surface area contributed by atoms with Gasteiger partial charge in [-0.3, -0.25) is 9.69 Å². The second-order valence-electron chi connectivity index (χ2n) is 4.27. The number of aliphatic hydroxyl groups excluding tert-OH is 1. The van der Waals surface area contributed by atoms with Crippen LogP contribution in [0.25, 0.3) is 0 Å². The largest absolute Gasteiger partial charge is 0.460 e. The quantitative estimate of drug-likeness (QED) is 0.485. The third-order valence-electron chi connectivity index (χ3n) is 2.84. The minimum absolute atomic E-state index is 0.0768. The van der Waals surface area contributed by atoms with Crippen LogP contribution in [0.2, 0.25) is 0 Å². The van der Waals surface area contributed by atoms with E-state index in [0.717, 1.165) is 19.3 Å². The standard InChI is InChI=1S/C11H22N2O3/c1-9-8-13(6-7-14)10(11(15)16-9)4-2-3-5-12/h9-10,14H,2-8,12H2,1H3. The number of nitrogens with zero attached hydrogens (tertiary/aromatic N) is 1. The Morgan fingerprint density at radius 2 is 2.31 bits per heavy atom. The van der Waals surface area contributed by atoms with Crippen molar-refractivity contribution in [3.63, 3.8) is 0 Å². The van der Waals surface area contributed by atoms with Crippen molar-refractivity contribution in [2.75, 3.05) is 26.2 Å². The minimum atomic E-state index is -0.199. The first-order valence-corrected chi connectivity index (χ1v) is 5.94. The van der Waals surface area contributed by atoms with Gasteiger partial charge in [-0.2, -0.15) is 0 Å². The number of nitrogens with two attached hydrogens (primary N) is 1. The van der Waals surface area contributed by atoms with Crippen molar-refractivity contribution in [3.8, 4) is 0 Å². The lowest BCUT2D eigenvalue weighted by Crippen LogP contribution is -2.52. The molecular weight excluding hydrogens is 208 g/mol. The maximum atomic E-state index is 11.7. The van der Waals surface area contributed by atoms with Crippen molar-refractivity contribution < 1.29 is 14.6 Å². The van der Waals surface area contributed by atoms with Gasteiger partial charge >= 0.3 is 5.97 Å². The molecule has 1 aliphatic heterocycles. The van der Waals surface area contributed by atoms with Gasteiger partial charge in [-0.15, -0.1) is 0 Å². The van der Waals surface area contributed by atoms with E-state index in [4.69, 9.17) is 15.6 Å². The van der Waals surface area contributed by atoms with Crippen LogP contribution in [0, 0.1) is 0 Å². The topological polar surface area (TPSA) is 75.8 Å². The molecule has 5 nitrogen and oxygen atoms in total. The molecule has 0 aromatic heterocycles. The summed E-state index contributed by atoms with van der Waals surface area (Å²) < 4.78 is 5.21. The van der Waals surface area contributed by atoms with Gasteiger partial charge in [0.25, 0.3) is 0 Å². The normalized spacial score (nSPS) is 26.8. The molecule has 16 heavy (non-hydrogen) atoms. The predicted octanol–water partition coefficient (Wildman–Crippen LogP) is -0.276. The molecule has 94 valence electrons. The van der Waals surface area contributed by atoms with Crippen LogP contribution in [-0.2, 0) is 9.53 Å². The van der Waals surface area contributed by atoms with E-state index in [1.165, 1.54) is 0 Å². The van der Waals surface area contributed by atoms with Crippen molar-refractivity contribution in [3.05, 3.63) is 0 Å². The van der Waals surface area contributed by atoms with E-state index < -0.39 is 0 Å². The molecule has 0 saturated carbocycles. The molecule has 5 heteroatoms. The molecule has 3 N–H and O–H groups in total. The summed E-state index contributed by atoms with van der Waals surface area (Å²) in [7, 11) is 0. The first kappa shape index (κ1) is 13.4.